The number of nitrogens with zero attached hydrogens (tertiary/aromatic N) is 2. The first-order valence-electron chi connectivity index (χ1n) is 6.25. The smallest absolute Gasteiger partial charge is 0.261 e. The fourth-order valence-electron chi connectivity index (χ4n) is 2.77. The van der Waals surface area contributed by atoms with Crippen LogP contribution in [0.25, 0.3) is 27.5 Å². The van der Waals surface area contributed by atoms with Gasteiger partial charge in [0, 0.05) is 12.4 Å². The third-order valence-corrected chi connectivity index (χ3v) is 3.72. The summed E-state index contributed by atoms with van der Waals surface area (Å²) in [5, 5.41) is 1.90. The van der Waals surface area contributed by atoms with Crippen molar-refractivity contribution in [1.29, 1.82) is 0 Å². The first-order valence-corrected chi connectivity index (χ1v) is 6.25. The van der Waals surface area contributed by atoms with E-state index in [2.05, 4.69) is 22.6 Å². The van der Waals surface area contributed by atoms with Crippen LogP contribution in [0.2, 0.25) is 0 Å². The molecule has 0 saturated carbocycles. The summed E-state index contributed by atoms with van der Waals surface area (Å²) in [6, 6.07) is 18.0. The van der Waals surface area contributed by atoms with Gasteiger partial charge in [0.15, 0.2) is 0 Å². The number of hydrogen-bond donors (Lipinski definition) is 0. The van der Waals surface area contributed by atoms with Gasteiger partial charge in [0.1, 0.15) is 5.65 Å². The molecule has 0 saturated heterocycles. The molecule has 0 fully saturated rings. The zero-order valence-corrected chi connectivity index (χ0v) is 10.5. The fourth-order valence-corrected chi connectivity index (χ4v) is 2.77. The van der Waals surface area contributed by atoms with E-state index >= 15 is 0 Å². The summed E-state index contributed by atoms with van der Waals surface area (Å²) in [5.74, 6) is 0. The van der Waals surface area contributed by atoms with Crippen LogP contribution in [-0.4, -0.2) is 8.97 Å². The van der Waals surface area contributed by atoms with E-state index < -0.39 is 0 Å². The molecule has 2 heterocycles. The molecule has 4 aromatic rings. The molecule has 0 aliphatic carbocycles. The molecule has 0 N–H and O–H groups in total. The van der Waals surface area contributed by atoms with Crippen molar-refractivity contribution < 1.29 is 0 Å². The highest BCUT2D eigenvalue weighted by molar-refractivity contribution is 5.92. The summed E-state index contributed by atoms with van der Waals surface area (Å²) >= 11 is 0. The summed E-state index contributed by atoms with van der Waals surface area (Å²) in [7, 11) is 1.82. The Morgan fingerprint density at radius 1 is 0.895 bits per heavy atom. The zero-order valence-electron chi connectivity index (χ0n) is 10.5. The SMILES string of the molecule is Cn1c(=O)c2ccccc2n2c3ccccc3cc12. The highest BCUT2D eigenvalue weighted by Crippen LogP contribution is 2.23. The molecule has 4 rings (SSSR count). The normalized spacial score (nSPS) is 11.6. The van der Waals surface area contributed by atoms with E-state index in [1.807, 2.05) is 43.4 Å². The molecule has 19 heavy (non-hydrogen) atoms. The first-order chi connectivity index (χ1) is 9.27. The minimum absolute atomic E-state index is 0.0471. The number of rotatable bonds is 0. The van der Waals surface area contributed by atoms with Gasteiger partial charge in [-0.1, -0.05) is 30.3 Å². The van der Waals surface area contributed by atoms with Crippen LogP contribution in [0.5, 0.6) is 0 Å². The molecule has 92 valence electrons. The van der Waals surface area contributed by atoms with Crippen LogP contribution in [-0.2, 0) is 7.05 Å². The monoisotopic (exact) mass is 248 g/mol. The first kappa shape index (κ1) is 10.4. The van der Waals surface area contributed by atoms with E-state index in [0.717, 1.165) is 27.5 Å². The van der Waals surface area contributed by atoms with E-state index in [0.29, 0.717) is 0 Å². The van der Waals surface area contributed by atoms with Crippen molar-refractivity contribution in [3.63, 3.8) is 0 Å². The molecule has 0 atom stereocenters. The Morgan fingerprint density at radius 3 is 2.42 bits per heavy atom. The molecule has 0 unspecified atom stereocenters. The molecule has 2 aromatic heterocycles. The van der Waals surface area contributed by atoms with Gasteiger partial charge in [-0.05, 0) is 24.3 Å². The maximum atomic E-state index is 12.4. The van der Waals surface area contributed by atoms with Crippen LogP contribution >= 0.6 is 0 Å². The van der Waals surface area contributed by atoms with E-state index in [4.69, 9.17) is 0 Å². The van der Waals surface area contributed by atoms with E-state index in [9.17, 15) is 4.79 Å². The molecule has 3 nitrogen and oxygen atoms in total. The quantitative estimate of drug-likeness (QED) is 0.470. The van der Waals surface area contributed by atoms with Crippen LogP contribution in [0.15, 0.2) is 59.4 Å². The lowest BCUT2D eigenvalue weighted by Gasteiger charge is -2.08. The average molecular weight is 248 g/mol. The Bertz CT molecular complexity index is 992. The Kier molecular flexibility index (Phi) is 1.90. The summed E-state index contributed by atoms with van der Waals surface area (Å²) in [6.07, 6.45) is 0. The number of aromatic nitrogens is 2. The van der Waals surface area contributed by atoms with Gasteiger partial charge < -0.3 is 0 Å². The lowest BCUT2D eigenvalue weighted by molar-refractivity contribution is 0.886. The fraction of sp³-hybridized carbons (Fsp3) is 0.0625. The van der Waals surface area contributed by atoms with Crippen LogP contribution in [0.4, 0.5) is 0 Å². The standard InChI is InChI=1S/C16H12N2O/c1-17-15-10-11-6-2-4-8-13(11)18(15)14-9-5-3-7-12(14)16(17)19/h2-10H,1H3. The Morgan fingerprint density at radius 2 is 1.58 bits per heavy atom. The van der Waals surface area contributed by atoms with Crippen molar-refractivity contribution >= 4 is 27.5 Å². The van der Waals surface area contributed by atoms with Crippen LogP contribution in [0.1, 0.15) is 0 Å². The van der Waals surface area contributed by atoms with Gasteiger partial charge >= 0.3 is 0 Å². The molecule has 2 aromatic carbocycles. The van der Waals surface area contributed by atoms with Crippen molar-refractivity contribution in [3.05, 3.63) is 65.0 Å². The van der Waals surface area contributed by atoms with Gasteiger partial charge in [0.05, 0.1) is 16.4 Å². The zero-order chi connectivity index (χ0) is 13.0. The molecule has 0 spiro atoms. The minimum atomic E-state index is 0.0471. The average Bonchev–Trinajstić information content (AvgIpc) is 2.84. The Hall–Kier alpha value is -2.55. The lowest BCUT2D eigenvalue weighted by atomic mass is 10.2. The van der Waals surface area contributed by atoms with Crippen LogP contribution in [0.3, 0.4) is 0 Å². The highest BCUT2D eigenvalue weighted by atomic mass is 16.1. The summed E-state index contributed by atoms with van der Waals surface area (Å²) in [4.78, 5) is 12.4. The molecule has 0 bridgehead atoms. The third kappa shape index (κ3) is 1.24. The Balaban J connectivity index is 2.47. The maximum Gasteiger partial charge on any atom is 0.261 e. The number of aryl methyl sites for hydroxylation is 1. The van der Waals surface area contributed by atoms with E-state index in [1.54, 1.807) is 4.57 Å². The Labute approximate surface area is 109 Å². The van der Waals surface area contributed by atoms with Crippen molar-refractivity contribution in [2.75, 3.05) is 0 Å². The number of fused-ring (bicyclic) bond motifs is 5. The molecule has 0 radical (unpaired) electrons. The third-order valence-electron chi connectivity index (χ3n) is 3.72. The van der Waals surface area contributed by atoms with Gasteiger partial charge in [0.25, 0.3) is 5.56 Å². The summed E-state index contributed by atoms with van der Waals surface area (Å²) < 4.78 is 3.86. The second-order valence-corrected chi connectivity index (χ2v) is 4.78. The second-order valence-electron chi connectivity index (χ2n) is 4.78. The second kappa shape index (κ2) is 3.48. The van der Waals surface area contributed by atoms with Gasteiger partial charge in [-0.2, -0.15) is 0 Å². The van der Waals surface area contributed by atoms with Gasteiger partial charge in [0.2, 0.25) is 0 Å². The molecular weight excluding hydrogens is 236 g/mol. The van der Waals surface area contributed by atoms with Crippen molar-refractivity contribution in [1.82, 2.24) is 8.97 Å². The van der Waals surface area contributed by atoms with Crippen molar-refractivity contribution in [2.45, 2.75) is 0 Å². The van der Waals surface area contributed by atoms with E-state index in [1.165, 1.54) is 0 Å². The van der Waals surface area contributed by atoms with Crippen LogP contribution in [0, 0.1) is 0 Å². The van der Waals surface area contributed by atoms with E-state index in [-0.39, 0.29) is 5.56 Å². The topological polar surface area (TPSA) is 26.4 Å². The molecule has 0 aliphatic rings. The summed E-state index contributed by atoms with van der Waals surface area (Å²) in [5.41, 5.74) is 3.06. The largest absolute Gasteiger partial charge is 0.297 e. The highest BCUT2D eigenvalue weighted by Gasteiger charge is 2.10. The maximum absolute atomic E-state index is 12.4. The number of para-hydroxylation sites is 2. The number of hydrogen-bond acceptors (Lipinski definition) is 1. The summed E-state index contributed by atoms with van der Waals surface area (Å²) in [6.45, 7) is 0. The minimum Gasteiger partial charge on any atom is -0.297 e. The predicted octanol–water partition coefficient (Wildman–Crippen LogP) is 2.94. The van der Waals surface area contributed by atoms with Gasteiger partial charge in [-0.15, -0.1) is 0 Å². The molecular formula is C16H12N2O. The molecule has 3 heteroatoms. The van der Waals surface area contributed by atoms with Crippen molar-refractivity contribution in [3.8, 4) is 0 Å². The van der Waals surface area contributed by atoms with Crippen LogP contribution < -0.4 is 5.56 Å². The van der Waals surface area contributed by atoms with Crippen molar-refractivity contribution in [2.24, 2.45) is 7.05 Å². The molecule has 0 amide bonds. The predicted molar refractivity (Wildman–Crippen MR) is 77.7 cm³/mol. The van der Waals surface area contributed by atoms with Gasteiger partial charge in [-0.3, -0.25) is 13.8 Å². The lowest BCUT2D eigenvalue weighted by Crippen LogP contribution is -2.19. The number of benzene rings is 2. The molecule has 0 aliphatic heterocycles. The van der Waals surface area contributed by atoms with Gasteiger partial charge in [-0.25, -0.2) is 0 Å².